The van der Waals surface area contributed by atoms with E-state index in [0.29, 0.717) is 23.7 Å². The van der Waals surface area contributed by atoms with Crippen LogP contribution in [0.25, 0.3) is 0 Å². The highest BCUT2D eigenvalue weighted by Gasteiger charge is 2.57. The normalized spacial score (nSPS) is 43.0. The molecule has 7 atom stereocenters. The molecule has 0 aromatic carbocycles. The molecule has 0 heterocycles. The second-order valence-electron chi connectivity index (χ2n) is 9.96. The Morgan fingerprint density at radius 3 is 2.75 bits per heavy atom. The number of carbonyl (C=O) groups is 1. The van der Waals surface area contributed by atoms with Crippen LogP contribution in [0.4, 0.5) is 0 Å². The van der Waals surface area contributed by atoms with Crippen molar-refractivity contribution in [2.24, 2.45) is 34.5 Å². The molecule has 0 bridgehead atoms. The molecule has 4 aliphatic rings. The molecule has 154 valence electrons. The third-order valence-electron chi connectivity index (χ3n) is 8.42. The molecule has 28 heavy (non-hydrogen) atoms. The molecule has 0 amide bonds. The minimum absolute atomic E-state index is 0.0630. The molecule has 4 aliphatic carbocycles. The van der Waals surface area contributed by atoms with E-state index in [4.69, 9.17) is 4.74 Å². The molecule has 0 aromatic heterocycles. The Morgan fingerprint density at radius 1 is 1.32 bits per heavy atom. The molecular formula is C24H33IO3. The highest BCUT2D eigenvalue weighted by atomic mass is 127. The van der Waals surface area contributed by atoms with Gasteiger partial charge in [0, 0.05) is 16.8 Å². The van der Waals surface area contributed by atoms with Gasteiger partial charge in [-0.1, -0.05) is 61.1 Å². The number of hydrogen-bond donors (Lipinski definition) is 1. The Balaban J connectivity index is 1.82. The Labute approximate surface area is 182 Å². The van der Waals surface area contributed by atoms with Gasteiger partial charge in [-0.05, 0) is 72.8 Å². The first-order valence-electron chi connectivity index (χ1n) is 10.8. The number of allylic oxidation sites excluding steroid dienone is 3. The van der Waals surface area contributed by atoms with Crippen LogP contribution in [0.3, 0.4) is 0 Å². The number of carbonyl (C=O) groups excluding carboxylic acids is 1. The van der Waals surface area contributed by atoms with E-state index in [1.165, 1.54) is 41.8 Å². The Bertz CT molecular complexity index is 766. The Hall–Kier alpha value is -0.620. The van der Waals surface area contributed by atoms with E-state index in [0.717, 1.165) is 24.0 Å². The van der Waals surface area contributed by atoms with E-state index in [1.54, 1.807) is 0 Å². The summed E-state index contributed by atoms with van der Waals surface area (Å²) in [6.45, 7) is 8.72. The number of alkyl halides is 1. The van der Waals surface area contributed by atoms with Crippen LogP contribution < -0.4 is 0 Å². The first-order chi connectivity index (χ1) is 13.2. The van der Waals surface area contributed by atoms with Crippen LogP contribution in [-0.4, -0.2) is 21.6 Å². The van der Waals surface area contributed by atoms with Gasteiger partial charge >= 0.3 is 5.97 Å². The average molecular weight is 496 g/mol. The summed E-state index contributed by atoms with van der Waals surface area (Å²) >= 11 is 2.54. The van der Waals surface area contributed by atoms with Gasteiger partial charge in [0.05, 0.1) is 6.10 Å². The van der Waals surface area contributed by atoms with Crippen LogP contribution in [0, 0.1) is 34.5 Å². The number of rotatable bonds is 3. The smallest absolute Gasteiger partial charge is 0.308 e. The molecule has 0 radical (unpaired) electrons. The zero-order valence-corrected chi connectivity index (χ0v) is 19.7. The number of esters is 1. The maximum absolute atomic E-state index is 11.9. The van der Waals surface area contributed by atoms with Crippen molar-refractivity contribution in [1.82, 2.24) is 0 Å². The molecule has 4 heteroatoms. The Kier molecular flexibility index (Phi) is 5.35. The van der Waals surface area contributed by atoms with Gasteiger partial charge in [-0.15, -0.1) is 0 Å². The SMILES string of the molecule is CC(=O)OC1=C2[C@@H]3CC[C@H]([C@H](C)CI)[C@@]3(C)CC[C@@H]2[C@@]2(C)C=C[C@H](O)CC2=C1. The van der Waals surface area contributed by atoms with E-state index in [2.05, 4.69) is 55.5 Å². The largest absolute Gasteiger partial charge is 0.427 e. The number of aliphatic hydroxyl groups is 1. The van der Waals surface area contributed by atoms with Crippen molar-refractivity contribution < 1.29 is 14.6 Å². The van der Waals surface area contributed by atoms with Crippen molar-refractivity contribution >= 4 is 28.6 Å². The van der Waals surface area contributed by atoms with E-state index in [9.17, 15) is 9.90 Å². The van der Waals surface area contributed by atoms with Gasteiger partial charge in [0.1, 0.15) is 5.76 Å². The summed E-state index contributed by atoms with van der Waals surface area (Å²) in [6, 6.07) is 0. The first-order valence-corrected chi connectivity index (χ1v) is 12.3. The molecule has 0 spiro atoms. The maximum atomic E-state index is 11.9. The molecule has 2 saturated carbocycles. The van der Waals surface area contributed by atoms with E-state index in [-0.39, 0.29) is 11.4 Å². The van der Waals surface area contributed by atoms with Crippen molar-refractivity contribution in [3.63, 3.8) is 0 Å². The fourth-order valence-corrected chi connectivity index (χ4v) is 7.58. The standard InChI is InChI=1S/C24H33IO3/c1-14(13-25)18-5-6-19-22-20(8-10-24(18,19)4)23(3)9-7-17(27)11-16(23)12-21(22)28-15(2)26/h7,9,12,14,17-20,27H,5-6,8,10-11,13H2,1-4H3/t14-,17+,18-,19+,20+,23+,24-/m1/s1. The summed E-state index contributed by atoms with van der Waals surface area (Å²) in [6.07, 6.45) is 11.3. The molecular weight excluding hydrogens is 463 g/mol. The second-order valence-corrected chi connectivity index (χ2v) is 10.8. The average Bonchev–Trinajstić information content (AvgIpc) is 2.99. The minimum atomic E-state index is -0.436. The zero-order valence-electron chi connectivity index (χ0n) is 17.5. The predicted molar refractivity (Wildman–Crippen MR) is 120 cm³/mol. The monoisotopic (exact) mass is 496 g/mol. The van der Waals surface area contributed by atoms with Crippen LogP contribution in [0.5, 0.6) is 0 Å². The summed E-state index contributed by atoms with van der Waals surface area (Å²) in [4.78, 5) is 11.9. The van der Waals surface area contributed by atoms with Crippen LogP contribution >= 0.6 is 22.6 Å². The topological polar surface area (TPSA) is 46.5 Å². The van der Waals surface area contributed by atoms with Crippen LogP contribution in [0.2, 0.25) is 0 Å². The molecule has 0 aliphatic heterocycles. The fraction of sp³-hybridized carbons (Fsp3) is 0.708. The summed E-state index contributed by atoms with van der Waals surface area (Å²) in [7, 11) is 0. The molecule has 0 saturated heterocycles. The highest BCUT2D eigenvalue weighted by Crippen LogP contribution is 2.66. The van der Waals surface area contributed by atoms with Crippen molar-refractivity contribution in [2.45, 2.75) is 65.9 Å². The lowest BCUT2D eigenvalue weighted by atomic mass is 9.51. The zero-order chi connectivity index (χ0) is 20.3. The third kappa shape index (κ3) is 3.05. The summed E-state index contributed by atoms with van der Waals surface area (Å²) < 4.78 is 7.02. The molecule has 3 nitrogen and oxygen atoms in total. The number of hydrogen-bond acceptors (Lipinski definition) is 3. The molecule has 4 rings (SSSR count). The van der Waals surface area contributed by atoms with Crippen molar-refractivity contribution in [3.05, 3.63) is 35.1 Å². The van der Waals surface area contributed by atoms with Crippen LogP contribution in [-0.2, 0) is 9.53 Å². The van der Waals surface area contributed by atoms with Crippen LogP contribution in [0.1, 0.15) is 59.8 Å². The van der Waals surface area contributed by atoms with E-state index >= 15 is 0 Å². The summed E-state index contributed by atoms with van der Waals surface area (Å²) in [5, 5.41) is 10.2. The minimum Gasteiger partial charge on any atom is -0.427 e. The van der Waals surface area contributed by atoms with Gasteiger partial charge in [-0.25, -0.2) is 0 Å². The number of aliphatic hydroxyl groups excluding tert-OH is 1. The van der Waals surface area contributed by atoms with Crippen molar-refractivity contribution in [1.29, 1.82) is 0 Å². The fourth-order valence-electron chi connectivity index (χ4n) is 6.97. The lowest BCUT2D eigenvalue weighted by Crippen LogP contribution is -2.46. The first kappa shape index (κ1) is 20.6. The van der Waals surface area contributed by atoms with Crippen LogP contribution in [0.15, 0.2) is 35.1 Å². The van der Waals surface area contributed by atoms with Gasteiger partial charge in [0.15, 0.2) is 0 Å². The lowest BCUT2D eigenvalue weighted by Gasteiger charge is -2.54. The molecule has 2 fully saturated rings. The van der Waals surface area contributed by atoms with Crippen molar-refractivity contribution in [3.8, 4) is 0 Å². The molecule has 1 N–H and O–H groups in total. The number of ether oxygens (including phenoxy) is 1. The van der Waals surface area contributed by atoms with E-state index in [1.807, 2.05) is 6.08 Å². The lowest BCUT2D eigenvalue weighted by molar-refractivity contribution is -0.136. The molecule has 0 unspecified atom stereocenters. The third-order valence-corrected chi connectivity index (χ3v) is 9.80. The summed E-state index contributed by atoms with van der Waals surface area (Å²) in [5.74, 6) is 2.88. The quantitative estimate of drug-likeness (QED) is 0.240. The van der Waals surface area contributed by atoms with Gasteiger partial charge < -0.3 is 9.84 Å². The van der Waals surface area contributed by atoms with Crippen molar-refractivity contribution in [2.75, 3.05) is 4.43 Å². The van der Waals surface area contributed by atoms with E-state index < -0.39 is 6.10 Å². The van der Waals surface area contributed by atoms with Gasteiger partial charge in [-0.2, -0.15) is 0 Å². The number of halogens is 1. The predicted octanol–water partition coefficient (Wildman–Crippen LogP) is 5.58. The Morgan fingerprint density at radius 2 is 2.07 bits per heavy atom. The summed E-state index contributed by atoms with van der Waals surface area (Å²) in [5.41, 5.74) is 2.83. The number of fused-ring (bicyclic) bond motifs is 5. The molecule has 0 aromatic rings. The van der Waals surface area contributed by atoms with Gasteiger partial charge in [0.25, 0.3) is 0 Å². The van der Waals surface area contributed by atoms with Gasteiger partial charge in [-0.3, -0.25) is 4.79 Å². The second kappa shape index (κ2) is 7.26. The highest BCUT2D eigenvalue weighted by molar-refractivity contribution is 14.1. The maximum Gasteiger partial charge on any atom is 0.308 e. The van der Waals surface area contributed by atoms with Gasteiger partial charge in [0.2, 0.25) is 0 Å².